The van der Waals surface area contributed by atoms with E-state index >= 15 is 0 Å². The van der Waals surface area contributed by atoms with Crippen LogP contribution in [-0.4, -0.2) is 18.5 Å². The van der Waals surface area contributed by atoms with E-state index in [-0.39, 0.29) is 17.4 Å². The smallest absolute Gasteiger partial charge is 0.242 e. The minimum Gasteiger partial charge on any atom is -0.323 e. The summed E-state index contributed by atoms with van der Waals surface area (Å²) in [7, 11) is 0. The SMILES string of the molecule is Cc1cc(Br)c(NC(=O)C2NCCCC2(C)C)c(Br)c1. The molecule has 1 aliphatic rings. The average Bonchev–Trinajstić information content (AvgIpc) is 2.32. The minimum absolute atomic E-state index is 0.0218. The van der Waals surface area contributed by atoms with Gasteiger partial charge in [-0.05, 0) is 81.3 Å². The molecule has 1 amide bonds. The zero-order valence-corrected chi connectivity index (χ0v) is 15.2. The molecule has 5 heteroatoms. The van der Waals surface area contributed by atoms with E-state index in [1.54, 1.807) is 0 Å². The summed E-state index contributed by atoms with van der Waals surface area (Å²) in [6, 6.07) is 3.84. The van der Waals surface area contributed by atoms with Gasteiger partial charge in [0, 0.05) is 8.95 Å². The van der Waals surface area contributed by atoms with Crippen molar-refractivity contribution in [3.8, 4) is 0 Å². The zero-order valence-electron chi connectivity index (χ0n) is 12.0. The molecule has 1 fully saturated rings. The second-order valence-corrected chi connectivity index (χ2v) is 7.78. The van der Waals surface area contributed by atoms with Crippen molar-refractivity contribution in [2.24, 2.45) is 5.41 Å². The van der Waals surface area contributed by atoms with E-state index in [1.807, 2.05) is 19.1 Å². The lowest BCUT2D eigenvalue weighted by molar-refractivity contribution is -0.121. The Kier molecular flexibility index (Phi) is 4.92. The number of carbonyl (C=O) groups is 1. The summed E-state index contributed by atoms with van der Waals surface area (Å²) in [5.74, 6) is 0.0277. The second kappa shape index (κ2) is 6.16. The molecule has 0 bridgehead atoms. The monoisotopic (exact) mass is 402 g/mol. The fourth-order valence-electron chi connectivity index (χ4n) is 2.67. The number of halogens is 2. The number of rotatable bonds is 2. The van der Waals surface area contributed by atoms with Crippen LogP contribution < -0.4 is 10.6 Å². The number of nitrogens with one attached hydrogen (secondary N) is 2. The highest BCUT2D eigenvalue weighted by molar-refractivity contribution is 9.11. The number of benzene rings is 1. The number of amides is 1. The number of carbonyl (C=O) groups excluding carboxylic acids is 1. The highest BCUT2D eigenvalue weighted by Crippen LogP contribution is 2.35. The molecule has 1 saturated heterocycles. The first kappa shape index (κ1) is 16.0. The fourth-order valence-corrected chi connectivity index (χ4v) is 4.29. The lowest BCUT2D eigenvalue weighted by Crippen LogP contribution is -2.53. The van der Waals surface area contributed by atoms with Crippen LogP contribution in [0.5, 0.6) is 0 Å². The van der Waals surface area contributed by atoms with Crippen molar-refractivity contribution in [2.45, 2.75) is 39.7 Å². The van der Waals surface area contributed by atoms with Gasteiger partial charge in [-0.1, -0.05) is 13.8 Å². The van der Waals surface area contributed by atoms with Gasteiger partial charge < -0.3 is 10.6 Å². The summed E-state index contributed by atoms with van der Waals surface area (Å²) >= 11 is 7.03. The topological polar surface area (TPSA) is 41.1 Å². The third kappa shape index (κ3) is 3.43. The van der Waals surface area contributed by atoms with Crippen molar-refractivity contribution in [1.29, 1.82) is 0 Å². The Morgan fingerprint density at radius 2 is 1.95 bits per heavy atom. The van der Waals surface area contributed by atoms with Crippen LogP contribution in [0.3, 0.4) is 0 Å². The van der Waals surface area contributed by atoms with Gasteiger partial charge in [0.25, 0.3) is 0 Å². The minimum atomic E-state index is -0.156. The van der Waals surface area contributed by atoms with Crippen LogP contribution in [0.15, 0.2) is 21.1 Å². The lowest BCUT2D eigenvalue weighted by atomic mass is 9.77. The largest absolute Gasteiger partial charge is 0.323 e. The van der Waals surface area contributed by atoms with Crippen LogP contribution in [0.1, 0.15) is 32.3 Å². The molecular weight excluding hydrogens is 384 g/mol. The van der Waals surface area contributed by atoms with E-state index in [4.69, 9.17) is 0 Å². The Morgan fingerprint density at radius 3 is 2.50 bits per heavy atom. The molecule has 1 aromatic carbocycles. The molecular formula is C15H20Br2N2O. The van der Waals surface area contributed by atoms with Crippen LogP contribution in [0.25, 0.3) is 0 Å². The molecule has 2 N–H and O–H groups in total. The Morgan fingerprint density at radius 1 is 1.35 bits per heavy atom. The highest BCUT2D eigenvalue weighted by Gasteiger charge is 2.37. The van der Waals surface area contributed by atoms with Crippen molar-refractivity contribution >= 4 is 43.5 Å². The Bertz CT molecular complexity index is 506. The number of hydrogen-bond donors (Lipinski definition) is 2. The van der Waals surface area contributed by atoms with E-state index in [9.17, 15) is 4.79 Å². The molecule has 0 radical (unpaired) electrons. The maximum Gasteiger partial charge on any atom is 0.242 e. The summed E-state index contributed by atoms with van der Waals surface area (Å²) in [6.07, 6.45) is 2.18. The van der Waals surface area contributed by atoms with Gasteiger partial charge in [-0.3, -0.25) is 4.79 Å². The van der Waals surface area contributed by atoms with E-state index < -0.39 is 0 Å². The maximum absolute atomic E-state index is 12.6. The average molecular weight is 404 g/mol. The van der Waals surface area contributed by atoms with Crippen LogP contribution in [0.4, 0.5) is 5.69 Å². The van der Waals surface area contributed by atoms with Gasteiger partial charge in [0.2, 0.25) is 5.91 Å². The summed E-state index contributed by atoms with van der Waals surface area (Å²) in [5.41, 5.74) is 1.91. The summed E-state index contributed by atoms with van der Waals surface area (Å²) in [4.78, 5) is 12.6. The van der Waals surface area contributed by atoms with Gasteiger partial charge in [0.1, 0.15) is 0 Å². The van der Waals surface area contributed by atoms with Gasteiger partial charge in [0.05, 0.1) is 11.7 Å². The quantitative estimate of drug-likeness (QED) is 0.775. The van der Waals surface area contributed by atoms with E-state index in [0.717, 1.165) is 39.6 Å². The first-order valence-electron chi connectivity index (χ1n) is 6.81. The van der Waals surface area contributed by atoms with Crippen molar-refractivity contribution in [3.05, 3.63) is 26.6 Å². The van der Waals surface area contributed by atoms with E-state index in [2.05, 4.69) is 56.3 Å². The van der Waals surface area contributed by atoms with Crippen molar-refractivity contribution in [1.82, 2.24) is 5.32 Å². The molecule has 2 rings (SSSR count). The van der Waals surface area contributed by atoms with Gasteiger partial charge in [0.15, 0.2) is 0 Å². The van der Waals surface area contributed by atoms with Gasteiger partial charge in [-0.25, -0.2) is 0 Å². The van der Waals surface area contributed by atoms with Crippen LogP contribution >= 0.6 is 31.9 Å². The molecule has 1 aromatic rings. The molecule has 1 heterocycles. The predicted octanol–water partition coefficient (Wildman–Crippen LogP) is 4.24. The van der Waals surface area contributed by atoms with Crippen LogP contribution in [0.2, 0.25) is 0 Å². The molecule has 0 spiro atoms. The number of aryl methyl sites for hydroxylation is 1. The van der Waals surface area contributed by atoms with Gasteiger partial charge >= 0.3 is 0 Å². The standard InChI is InChI=1S/C15H20Br2N2O/c1-9-7-10(16)12(11(17)8-9)19-14(20)13-15(2,3)5-4-6-18-13/h7-8,13,18H,4-6H2,1-3H3,(H,19,20). The summed E-state index contributed by atoms with van der Waals surface area (Å²) < 4.78 is 1.79. The van der Waals surface area contributed by atoms with Crippen molar-refractivity contribution in [3.63, 3.8) is 0 Å². The molecule has 3 nitrogen and oxygen atoms in total. The molecule has 0 saturated carbocycles. The second-order valence-electron chi connectivity index (χ2n) is 6.07. The molecule has 1 aliphatic heterocycles. The number of anilines is 1. The lowest BCUT2D eigenvalue weighted by Gasteiger charge is -2.38. The molecule has 0 aromatic heterocycles. The van der Waals surface area contributed by atoms with Crippen LogP contribution in [0, 0.1) is 12.3 Å². The van der Waals surface area contributed by atoms with Gasteiger partial charge in [-0.2, -0.15) is 0 Å². The number of hydrogen-bond acceptors (Lipinski definition) is 2. The molecule has 0 aliphatic carbocycles. The Hall–Kier alpha value is -0.390. The Labute approximate surface area is 137 Å². The van der Waals surface area contributed by atoms with E-state index in [1.165, 1.54) is 0 Å². The first-order valence-corrected chi connectivity index (χ1v) is 8.40. The predicted molar refractivity (Wildman–Crippen MR) is 90.0 cm³/mol. The summed E-state index contributed by atoms with van der Waals surface area (Å²) in [5, 5.41) is 6.37. The van der Waals surface area contributed by atoms with E-state index in [0.29, 0.717) is 0 Å². The summed E-state index contributed by atoms with van der Waals surface area (Å²) in [6.45, 7) is 7.20. The highest BCUT2D eigenvalue weighted by atomic mass is 79.9. The normalized spacial score (nSPS) is 21.6. The number of piperidine rings is 1. The molecule has 110 valence electrons. The third-order valence-corrected chi connectivity index (χ3v) is 5.08. The van der Waals surface area contributed by atoms with Crippen molar-refractivity contribution < 1.29 is 4.79 Å². The molecule has 1 atom stereocenters. The maximum atomic E-state index is 12.6. The van der Waals surface area contributed by atoms with Crippen molar-refractivity contribution in [2.75, 3.05) is 11.9 Å². The Balaban J connectivity index is 2.20. The molecule has 1 unspecified atom stereocenters. The fraction of sp³-hybridized carbons (Fsp3) is 0.533. The third-order valence-electron chi connectivity index (χ3n) is 3.82. The van der Waals surface area contributed by atoms with Gasteiger partial charge in [-0.15, -0.1) is 0 Å². The zero-order chi connectivity index (χ0) is 14.9. The first-order chi connectivity index (χ1) is 9.31. The molecule has 20 heavy (non-hydrogen) atoms. The van der Waals surface area contributed by atoms with Crippen LogP contribution in [-0.2, 0) is 4.79 Å².